The van der Waals surface area contributed by atoms with Crippen LogP contribution in [0.15, 0.2) is 55.0 Å². The summed E-state index contributed by atoms with van der Waals surface area (Å²) in [6, 6.07) is 10.4. The van der Waals surface area contributed by atoms with Crippen LogP contribution in [0, 0.1) is 19.7 Å². The summed E-state index contributed by atoms with van der Waals surface area (Å²) in [5.74, 6) is 0.0633. The third-order valence-corrected chi connectivity index (χ3v) is 5.38. The molecule has 0 amide bonds. The van der Waals surface area contributed by atoms with Gasteiger partial charge >= 0.3 is 6.09 Å². The highest BCUT2D eigenvalue weighted by Crippen LogP contribution is 2.26. The Labute approximate surface area is 200 Å². The van der Waals surface area contributed by atoms with E-state index < -0.39 is 17.5 Å². The van der Waals surface area contributed by atoms with Crippen LogP contribution in [0.4, 0.5) is 9.18 Å². The van der Waals surface area contributed by atoms with Crippen molar-refractivity contribution in [2.75, 3.05) is 0 Å². The SMILES string of the molecule is Cc1ccc(C)n1-c1nc2cc(-c3nc(-c4cnn(C(=O)OC(C)(C)C)c4)ccc3F)ccn2n1. The molecule has 35 heavy (non-hydrogen) atoms. The van der Waals surface area contributed by atoms with Crippen molar-refractivity contribution in [2.24, 2.45) is 0 Å². The van der Waals surface area contributed by atoms with Crippen molar-refractivity contribution < 1.29 is 13.9 Å². The fraction of sp³-hybridized carbons (Fsp3) is 0.240. The molecule has 0 saturated carbocycles. The van der Waals surface area contributed by atoms with Gasteiger partial charge in [0.25, 0.3) is 5.95 Å². The Kier molecular flexibility index (Phi) is 5.23. The molecule has 10 heteroatoms. The molecular formula is C25H24FN7O2. The Bertz CT molecular complexity index is 1550. The molecule has 5 aromatic rings. The van der Waals surface area contributed by atoms with E-state index >= 15 is 0 Å². The monoisotopic (exact) mass is 473 g/mol. The first kappa shape index (κ1) is 22.5. The average Bonchev–Trinajstić information content (AvgIpc) is 3.51. The molecule has 0 atom stereocenters. The van der Waals surface area contributed by atoms with E-state index in [1.807, 2.05) is 30.5 Å². The fourth-order valence-electron chi connectivity index (χ4n) is 3.76. The molecular weight excluding hydrogens is 449 g/mol. The summed E-state index contributed by atoms with van der Waals surface area (Å²) in [6.07, 6.45) is 4.12. The van der Waals surface area contributed by atoms with E-state index in [1.165, 1.54) is 18.5 Å². The van der Waals surface area contributed by atoms with Crippen molar-refractivity contribution in [3.05, 3.63) is 72.2 Å². The van der Waals surface area contributed by atoms with Gasteiger partial charge in [0.1, 0.15) is 17.1 Å². The summed E-state index contributed by atoms with van der Waals surface area (Å²) in [6.45, 7) is 9.30. The molecule has 0 bridgehead atoms. The number of carbonyl (C=O) groups is 1. The summed E-state index contributed by atoms with van der Waals surface area (Å²) < 4.78 is 24.8. The van der Waals surface area contributed by atoms with Crippen LogP contribution in [0.3, 0.4) is 0 Å². The van der Waals surface area contributed by atoms with Gasteiger partial charge in [-0.25, -0.2) is 18.7 Å². The molecule has 0 saturated heterocycles. The minimum Gasteiger partial charge on any atom is -0.442 e. The van der Waals surface area contributed by atoms with Gasteiger partial charge in [-0.2, -0.15) is 14.8 Å². The van der Waals surface area contributed by atoms with E-state index in [9.17, 15) is 9.18 Å². The fourth-order valence-corrected chi connectivity index (χ4v) is 3.76. The number of rotatable bonds is 3. The highest BCUT2D eigenvalue weighted by atomic mass is 19.1. The highest BCUT2D eigenvalue weighted by Gasteiger charge is 2.20. The molecule has 0 aliphatic carbocycles. The maximum atomic E-state index is 14.8. The smallest absolute Gasteiger partial charge is 0.435 e. The molecule has 0 aliphatic heterocycles. The molecule has 5 aromatic heterocycles. The number of hydrogen-bond acceptors (Lipinski definition) is 6. The number of aryl methyl sites for hydroxylation is 2. The van der Waals surface area contributed by atoms with Gasteiger partial charge in [0.05, 0.1) is 11.9 Å². The van der Waals surface area contributed by atoms with Crippen LogP contribution < -0.4 is 0 Å². The van der Waals surface area contributed by atoms with Gasteiger partial charge in [-0.15, -0.1) is 5.10 Å². The largest absolute Gasteiger partial charge is 0.442 e. The van der Waals surface area contributed by atoms with Crippen molar-refractivity contribution >= 4 is 11.7 Å². The van der Waals surface area contributed by atoms with E-state index in [1.54, 1.807) is 49.7 Å². The first-order valence-electron chi connectivity index (χ1n) is 11.1. The van der Waals surface area contributed by atoms with E-state index in [0.717, 1.165) is 16.1 Å². The van der Waals surface area contributed by atoms with Crippen molar-refractivity contribution in [3.8, 4) is 28.5 Å². The molecule has 0 N–H and O–H groups in total. The summed E-state index contributed by atoms with van der Waals surface area (Å²) in [4.78, 5) is 21.4. The lowest BCUT2D eigenvalue weighted by molar-refractivity contribution is 0.0514. The van der Waals surface area contributed by atoms with Crippen LogP contribution in [0.5, 0.6) is 0 Å². The minimum absolute atomic E-state index is 0.160. The molecule has 9 nitrogen and oxygen atoms in total. The van der Waals surface area contributed by atoms with Crippen LogP contribution >= 0.6 is 0 Å². The van der Waals surface area contributed by atoms with Crippen LogP contribution in [0.2, 0.25) is 0 Å². The quantitative estimate of drug-likeness (QED) is 0.367. The van der Waals surface area contributed by atoms with Crippen molar-refractivity contribution in [3.63, 3.8) is 0 Å². The molecule has 0 unspecified atom stereocenters. The topological polar surface area (TPSA) is 92.1 Å². The number of aromatic nitrogens is 7. The maximum Gasteiger partial charge on any atom is 0.435 e. The van der Waals surface area contributed by atoms with Gasteiger partial charge < -0.3 is 4.74 Å². The van der Waals surface area contributed by atoms with Gasteiger partial charge in [0.2, 0.25) is 0 Å². The van der Waals surface area contributed by atoms with E-state index in [4.69, 9.17) is 4.74 Å². The van der Waals surface area contributed by atoms with Crippen molar-refractivity contribution in [1.29, 1.82) is 0 Å². The van der Waals surface area contributed by atoms with Gasteiger partial charge in [-0.3, -0.25) is 4.57 Å². The Morgan fingerprint density at radius 2 is 1.74 bits per heavy atom. The Morgan fingerprint density at radius 3 is 2.46 bits per heavy atom. The lowest BCUT2D eigenvalue weighted by atomic mass is 10.1. The number of halogens is 1. The van der Waals surface area contributed by atoms with Crippen LogP contribution in [0.1, 0.15) is 32.2 Å². The minimum atomic E-state index is -0.649. The molecule has 5 heterocycles. The Morgan fingerprint density at radius 1 is 1.00 bits per heavy atom. The number of pyridine rings is 2. The molecule has 178 valence electrons. The van der Waals surface area contributed by atoms with Gasteiger partial charge in [-0.1, -0.05) is 0 Å². The highest BCUT2D eigenvalue weighted by molar-refractivity contribution is 5.73. The first-order valence-corrected chi connectivity index (χ1v) is 11.1. The number of carbonyl (C=O) groups excluding carboxylic acids is 1. The molecule has 0 spiro atoms. The predicted molar refractivity (Wildman–Crippen MR) is 128 cm³/mol. The van der Waals surface area contributed by atoms with Crippen LogP contribution in [0.25, 0.3) is 34.1 Å². The third-order valence-electron chi connectivity index (χ3n) is 5.38. The van der Waals surface area contributed by atoms with E-state index in [-0.39, 0.29) is 5.69 Å². The number of fused-ring (bicyclic) bond motifs is 1. The van der Waals surface area contributed by atoms with Crippen molar-refractivity contribution in [2.45, 2.75) is 40.2 Å². The number of ether oxygens (including phenoxy) is 1. The zero-order valence-corrected chi connectivity index (χ0v) is 20.0. The maximum absolute atomic E-state index is 14.8. The van der Waals surface area contributed by atoms with Gasteiger partial charge in [-0.05, 0) is 71.0 Å². The lowest BCUT2D eigenvalue weighted by Gasteiger charge is -2.18. The standard InChI is InChI=1S/C25H24FN7O2/c1-15-6-7-16(2)33(15)23-29-21-12-17(10-11-31(21)30-23)22-19(26)8-9-20(28-22)18-13-27-32(14-18)24(34)35-25(3,4)5/h6-14H,1-5H3. The first-order chi connectivity index (χ1) is 16.6. The van der Waals surface area contributed by atoms with Gasteiger partial charge in [0.15, 0.2) is 5.65 Å². The summed E-state index contributed by atoms with van der Waals surface area (Å²) >= 11 is 0. The molecule has 0 fully saturated rings. The summed E-state index contributed by atoms with van der Waals surface area (Å²) in [5.41, 5.74) is 3.69. The Hall–Kier alpha value is -4.34. The zero-order valence-electron chi connectivity index (χ0n) is 20.0. The second-order valence-electron chi connectivity index (χ2n) is 9.26. The third kappa shape index (κ3) is 4.30. The summed E-state index contributed by atoms with van der Waals surface area (Å²) in [7, 11) is 0. The summed E-state index contributed by atoms with van der Waals surface area (Å²) in [5, 5.41) is 8.61. The molecule has 5 rings (SSSR count). The lowest BCUT2D eigenvalue weighted by Crippen LogP contribution is -2.27. The van der Waals surface area contributed by atoms with E-state index in [2.05, 4.69) is 20.2 Å². The number of hydrogen-bond donors (Lipinski definition) is 0. The normalized spacial score (nSPS) is 11.8. The Balaban J connectivity index is 1.49. The predicted octanol–water partition coefficient (Wildman–Crippen LogP) is 4.98. The van der Waals surface area contributed by atoms with Crippen LogP contribution in [-0.4, -0.2) is 45.6 Å². The second kappa shape index (κ2) is 8.15. The number of nitrogens with zero attached hydrogens (tertiary/aromatic N) is 7. The van der Waals surface area contributed by atoms with Crippen molar-refractivity contribution in [1.82, 2.24) is 33.9 Å². The molecule has 0 radical (unpaired) electrons. The average molecular weight is 474 g/mol. The van der Waals surface area contributed by atoms with Gasteiger partial charge in [0, 0.05) is 34.9 Å². The second-order valence-corrected chi connectivity index (χ2v) is 9.26. The van der Waals surface area contributed by atoms with E-state index in [0.29, 0.717) is 28.4 Å². The van der Waals surface area contributed by atoms with Crippen LogP contribution in [-0.2, 0) is 4.74 Å². The molecule has 0 aromatic carbocycles. The zero-order chi connectivity index (χ0) is 24.9. The molecule has 0 aliphatic rings.